The molecule has 0 radical (unpaired) electrons. The molecular weight excluding hydrogens is 208 g/mol. The van der Waals surface area contributed by atoms with Crippen molar-refractivity contribution in [3.05, 3.63) is 30.1 Å². The standard InChI is InChI=1S/C11H15N2O3/c1-13-6-4-5-9(8-13)10(12-16-3)7-11(14)15-2/h4-6,8H,7H2,1-3H3/q+1/b12-10+. The summed E-state index contributed by atoms with van der Waals surface area (Å²) in [6.45, 7) is 0. The van der Waals surface area contributed by atoms with Gasteiger partial charge in [-0.05, 0) is 6.07 Å². The fourth-order valence-electron chi connectivity index (χ4n) is 1.26. The zero-order valence-electron chi connectivity index (χ0n) is 9.64. The largest absolute Gasteiger partial charge is 0.469 e. The van der Waals surface area contributed by atoms with E-state index in [4.69, 9.17) is 4.84 Å². The molecule has 1 heterocycles. The van der Waals surface area contributed by atoms with Crippen molar-refractivity contribution >= 4 is 11.7 Å². The van der Waals surface area contributed by atoms with Crippen LogP contribution in [0, 0.1) is 0 Å². The van der Waals surface area contributed by atoms with Crippen molar-refractivity contribution in [2.24, 2.45) is 12.2 Å². The van der Waals surface area contributed by atoms with E-state index in [9.17, 15) is 4.79 Å². The number of aryl methyl sites for hydroxylation is 1. The highest BCUT2D eigenvalue weighted by atomic mass is 16.6. The molecular formula is C11H15N2O3+. The Balaban J connectivity index is 2.94. The fraction of sp³-hybridized carbons (Fsp3) is 0.364. The molecule has 0 N–H and O–H groups in total. The first kappa shape index (κ1) is 12.2. The van der Waals surface area contributed by atoms with Crippen LogP contribution < -0.4 is 4.57 Å². The average Bonchev–Trinajstić information content (AvgIpc) is 2.28. The number of pyridine rings is 1. The second kappa shape index (κ2) is 5.85. The molecule has 0 aliphatic rings. The van der Waals surface area contributed by atoms with Crippen molar-refractivity contribution in [2.75, 3.05) is 14.2 Å². The first-order valence-electron chi connectivity index (χ1n) is 4.80. The molecule has 1 rings (SSSR count). The Hall–Kier alpha value is -1.91. The Morgan fingerprint density at radius 3 is 2.81 bits per heavy atom. The van der Waals surface area contributed by atoms with Crippen LogP contribution in [0.4, 0.5) is 0 Å². The Morgan fingerprint density at radius 1 is 1.50 bits per heavy atom. The molecule has 0 aromatic carbocycles. The van der Waals surface area contributed by atoms with E-state index in [2.05, 4.69) is 9.89 Å². The van der Waals surface area contributed by atoms with Gasteiger partial charge in [0.05, 0.1) is 19.1 Å². The van der Waals surface area contributed by atoms with Crippen LogP contribution in [0.1, 0.15) is 12.0 Å². The number of ether oxygens (including phenoxy) is 1. The topological polar surface area (TPSA) is 51.8 Å². The summed E-state index contributed by atoms with van der Waals surface area (Å²) in [5, 5.41) is 3.83. The van der Waals surface area contributed by atoms with Crippen LogP contribution >= 0.6 is 0 Å². The molecule has 0 fully saturated rings. The molecule has 0 aliphatic carbocycles. The molecule has 5 heteroatoms. The molecule has 0 amide bonds. The smallest absolute Gasteiger partial charge is 0.311 e. The van der Waals surface area contributed by atoms with Gasteiger partial charge in [-0.25, -0.2) is 4.57 Å². The van der Waals surface area contributed by atoms with Crippen molar-refractivity contribution in [1.82, 2.24) is 0 Å². The van der Waals surface area contributed by atoms with Crippen LogP contribution in [0.3, 0.4) is 0 Å². The summed E-state index contributed by atoms with van der Waals surface area (Å²) < 4.78 is 6.47. The lowest BCUT2D eigenvalue weighted by Crippen LogP contribution is -2.28. The quantitative estimate of drug-likeness (QED) is 0.322. The maximum atomic E-state index is 11.2. The van der Waals surface area contributed by atoms with Crippen molar-refractivity contribution < 1.29 is 18.9 Å². The molecule has 0 saturated heterocycles. The van der Waals surface area contributed by atoms with Gasteiger partial charge in [0.1, 0.15) is 19.9 Å². The van der Waals surface area contributed by atoms with Crippen LogP contribution in [-0.4, -0.2) is 25.9 Å². The molecule has 0 aliphatic heterocycles. The van der Waals surface area contributed by atoms with Gasteiger partial charge >= 0.3 is 5.97 Å². The summed E-state index contributed by atoms with van der Waals surface area (Å²) in [6.07, 6.45) is 3.85. The van der Waals surface area contributed by atoms with E-state index in [1.54, 1.807) is 0 Å². The number of oxime groups is 1. The molecule has 0 spiro atoms. The van der Waals surface area contributed by atoms with E-state index in [1.807, 2.05) is 36.1 Å². The van der Waals surface area contributed by atoms with Gasteiger partial charge in [-0.1, -0.05) is 5.16 Å². The molecule has 0 bridgehead atoms. The van der Waals surface area contributed by atoms with Crippen molar-refractivity contribution in [3.63, 3.8) is 0 Å². The number of hydrogen-bond acceptors (Lipinski definition) is 4. The monoisotopic (exact) mass is 223 g/mol. The summed E-state index contributed by atoms with van der Waals surface area (Å²) in [5.74, 6) is -0.345. The Labute approximate surface area is 94.3 Å². The third kappa shape index (κ3) is 3.34. The van der Waals surface area contributed by atoms with Crippen molar-refractivity contribution in [3.8, 4) is 0 Å². The number of carbonyl (C=O) groups excluding carboxylic acids is 1. The molecule has 5 nitrogen and oxygen atoms in total. The zero-order valence-corrected chi connectivity index (χ0v) is 9.64. The minimum Gasteiger partial charge on any atom is -0.469 e. The van der Waals surface area contributed by atoms with Crippen LogP contribution in [0.5, 0.6) is 0 Å². The molecule has 1 aromatic rings. The lowest BCUT2D eigenvalue weighted by molar-refractivity contribution is -0.671. The van der Waals surface area contributed by atoms with Gasteiger partial charge in [0.2, 0.25) is 0 Å². The fourth-order valence-corrected chi connectivity index (χ4v) is 1.26. The van der Waals surface area contributed by atoms with Crippen LogP contribution in [0.2, 0.25) is 0 Å². The highest BCUT2D eigenvalue weighted by Gasteiger charge is 2.13. The maximum absolute atomic E-state index is 11.2. The maximum Gasteiger partial charge on any atom is 0.311 e. The number of hydrogen-bond donors (Lipinski definition) is 0. The van der Waals surface area contributed by atoms with Crippen molar-refractivity contribution in [2.45, 2.75) is 6.42 Å². The number of esters is 1. The number of aromatic nitrogens is 1. The first-order chi connectivity index (χ1) is 7.67. The van der Waals surface area contributed by atoms with E-state index >= 15 is 0 Å². The second-order valence-corrected chi connectivity index (χ2v) is 3.23. The summed E-state index contributed by atoms with van der Waals surface area (Å²) in [7, 11) is 4.68. The Morgan fingerprint density at radius 2 is 2.25 bits per heavy atom. The summed E-state index contributed by atoms with van der Waals surface area (Å²) in [6, 6.07) is 3.73. The highest BCUT2D eigenvalue weighted by Crippen LogP contribution is 2.03. The van der Waals surface area contributed by atoms with E-state index in [0.29, 0.717) is 5.71 Å². The van der Waals surface area contributed by atoms with Gasteiger partial charge in [0, 0.05) is 6.07 Å². The molecule has 0 saturated carbocycles. The summed E-state index contributed by atoms with van der Waals surface area (Å²) in [4.78, 5) is 15.9. The molecule has 0 atom stereocenters. The summed E-state index contributed by atoms with van der Waals surface area (Å²) in [5.41, 5.74) is 1.38. The zero-order chi connectivity index (χ0) is 12.0. The van der Waals surface area contributed by atoms with Crippen LogP contribution in [0.25, 0.3) is 0 Å². The van der Waals surface area contributed by atoms with Gasteiger partial charge in [-0.2, -0.15) is 0 Å². The second-order valence-electron chi connectivity index (χ2n) is 3.23. The minimum atomic E-state index is -0.345. The minimum absolute atomic E-state index is 0.0916. The number of methoxy groups -OCH3 is 1. The number of nitrogens with zero attached hydrogens (tertiary/aromatic N) is 2. The predicted octanol–water partition coefficient (Wildman–Crippen LogP) is 0.425. The number of carbonyl (C=O) groups is 1. The number of rotatable bonds is 4. The van der Waals surface area contributed by atoms with Crippen LogP contribution in [0.15, 0.2) is 29.7 Å². The lowest BCUT2D eigenvalue weighted by atomic mass is 10.1. The highest BCUT2D eigenvalue weighted by molar-refractivity contribution is 6.08. The average molecular weight is 223 g/mol. The Bertz CT molecular complexity index is 402. The molecule has 86 valence electrons. The summed E-state index contributed by atoms with van der Waals surface area (Å²) >= 11 is 0. The molecule has 1 aromatic heterocycles. The lowest BCUT2D eigenvalue weighted by Gasteiger charge is -2.03. The van der Waals surface area contributed by atoms with Gasteiger partial charge < -0.3 is 9.57 Å². The van der Waals surface area contributed by atoms with E-state index < -0.39 is 0 Å². The first-order valence-corrected chi connectivity index (χ1v) is 4.80. The third-order valence-electron chi connectivity index (χ3n) is 2.01. The van der Waals surface area contributed by atoms with E-state index in [-0.39, 0.29) is 12.4 Å². The van der Waals surface area contributed by atoms with Gasteiger partial charge in [-0.15, -0.1) is 0 Å². The predicted molar refractivity (Wildman–Crippen MR) is 57.8 cm³/mol. The Kier molecular flexibility index (Phi) is 4.44. The molecule has 16 heavy (non-hydrogen) atoms. The SMILES string of the molecule is CO/N=C(\CC(=O)OC)c1ccc[n+](C)c1. The van der Waals surface area contributed by atoms with Gasteiger partial charge in [0.25, 0.3) is 0 Å². The van der Waals surface area contributed by atoms with Crippen molar-refractivity contribution in [1.29, 1.82) is 0 Å². The van der Waals surface area contributed by atoms with Crippen LogP contribution in [-0.2, 0) is 21.4 Å². The normalized spacial score (nSPS) is 11.1. The third-order valence-corrected chi connectivity index (χ3v) is 2.01. The van der Waals surface area contributed by atoms with E-state index in [0.717, 1.165) is 5.56 Å². The van der Waals surface area contributed by atoms with Gasteiger partial charge in [0.15, 0.2) is 12.4 Å². The molecule has 0 unspecified atom stereocenters. The van der Waals surface area contributed by atoms with E-state index in [1.165, 1.54) is 14.2 Å². The van der Waals surface area contributed by atoms with Gasteiger partial charge in [-0.3, -0.25) is 4.79 Å².